The fraction of sp³-hybridized carbons (Fsp3) is 0.400. The number of hydrogen-bond acceptors (Lipinski definition) is 6. The zero-order valence-corrected chi connectivity index (χ0v) is 15.7. The molecule has 0 spiro atoms. The maximum absolute atomic E-state index is 14.3. The van der Waals surface area contributed by atoms with Gasteiger partial charge < -0.3 is 4.74 Å². The number of benzene rings is 1. The van der Waals surface area contributed by atoms with Gasteiger partial charge in [0.2, 0.25) is 4.80 Å². The molecule has 134 valence electrons. The Balaban J connectivity index is 2.00. The van der Waals surface area contributed by atoms with Crippen LogP contribution in [0.2, 0.25) is 5.02 Å². The average molecular weight is 404 g/mol. The van der Waals surface area contributed by atoms with Crippen molar-refractivity contribution >= 4 is 46.4 Å². The average Bonchev–Trinajstić information content (AvgIpc) is 2.92. The lowest BCUT2D eigenvalue weighted by Crippen LogP contribution is -2.31. The molecule has 0 fully saturated rings. The van der Waals surface area contributed by atoms with Gasteiger partial charge in [-0.05, 0) is 36.3 Å². The number of thioether (sulfide) groups is 1. The van der Waals surface area contributed by atoms with Crippen molar-refractivity contribution in [1.29, 1.82) is 0 Å². The normalized spacial score (nSPS) is 14.4. The Bertz CT molecular complexity index is 935. The number of esters is 1. The van der Waals surface area contributed by atoms with Gasteiger partial charge in [0.1, 0.15) is 11.5 Å². The topological polar surface area (TPSA) is 65.6 Å². The van der Waals surface area contributed by atoms with E-state index in [2.05, 4.69) is 9.73 Å². The fourth-order valence-electron chi connectivity index (χ4n) is 2.43. The summed E-state index contributed by atoms with van der Waals surface area (Å²) in [4.78, 5) is 28.5. The highest BCUT2D eigenvalue weighted by atomic mass is 35.5. The van der Waals surface area contributed by atoms with E-state index in [9.17, 15) is 14.0 Å². The molecule has 1 aliphatic rings. The van der Waals surface area contributed by atoms with E-state index in [1.54, 1.807) is 9.36 Å². The van der Waals surface area contributed by atoms with Gasteiger partial charge in [-0.1, -0.05) is 11.6 Å². The smallest absolute Gasteiger partial charge is 0.325 e. The summed E-state index contributed by atoms with van der Waals surface area (Å²) in [7, 11) is 1.30. The van der Waals surface area contributed by atoms with Crippen molar-refractivity contribution < 1.29 is 13.9 Å². The largest absolute Gasteiger partial charge is 0.468 e. The quantitative estimate of drug-likeness (QED) is 0.581. The Morgan fingerprint density at radius 2 is 2.12 bits per heavy atom. The van der Waals surface area contributed by atoms with Crippen LogP contribution in [0.5, 0.6) is 0 Å². The summed E-state index contributed by atoms with van der Waals surface area (Å²) in [6.45, 7) is 1.32. The SMILES string of the molecule is COC(=O)CSc1cc(N=c2sc(=O)n3n2CCCC3)c(F)cc1Cl. The summed E-state index contributed by atoms with van der Waals surface area (Å²) in [5.74, 6) is -0.923. The molecule has 3 rings (SSSR count). The number of carbonyl (C=O) groups is 1. The van der Waals surface area contributed by atoms with Crippen molar-refractivity contribution in [3.05, 3.63) is 37.4 Å². The molecular formula is C15H15ClFN3O3S2. The second-order valence-corrected chi connectivity index (χ2v) is 7.66. The van der Waals surface area contributed by atoms with Crippen LogP contribution in [0.3, 0.4) is 0 Å². The van der Waals surface area contributed by atoms with E-state index in [4.69, 9.17) is 11.6 Å². The Hall–Kier alpha value is -1.58. The maximum Gasteiger partial charge on any atom is 0.325 e. The summed E-state index contributed by atoms with van der Waals surface area (Å²) >= 11 is 8.17. The monoisotopic (exact) mass is 403 g/mol. The van der Waals surface area contributed by atoms with Gasteiger partial charge in [0.15, 0.2) is 0 Å². The van der Waals surface area contributed by atoms with E-state index in [1.807, 2.05) is 0 Å². The predicted molar refractivity (Wildman–Crippen MR) is 95.2 cm³/mol. The molecule has 1 aromatic carbocycles. The molecule has 0 bridgehead atoms. The Kier molecular flexibility index (Phi) is 5.65. The summed E-state index contributed by atoms with van der Waals surface area (Å²) in [5.41, 5.74) is 0.0829. The second-order valence-electron chi connectivity index (χ2n) is 5.31. The molecule has 0 saturated carbocycles. The number of aromatic nitrogens is 2. The third-order valence-corrected chi connectivity index (χ3v) is 6.01. The molecule has 1 aliphatic heterocycles. The number of halogens is 2. The van der Waals surface area contributed by atoms with E-state index in [-0.39, 0.29) is 21.3 Å². The van der Waals surface area contributed by atoms with Gasteiger partial charge in [-0.15, -0.1) is 11.8 Å². The molecule has 6 nitrogen and oxygen atoms in total. The van der Waals surface area contributed by atoms with Crippen molar-refractivity contribution in [3.63, 3.8) is 0 Å². The van der Waals surface area contributed by atoms with E-state index in [1.165, 1.54) is 13.2 Å². The number of fused-ring (bicyclic) bond motifs is 1. The van der Waals surface area contributed by atoms with Gasteiger partial charge in [-0.2, -0.15) is 0 Å². The minimum atomic E-state index is -0.580. The highest BCUT2D eigenvalue weighted by Gasteiger charge is 2.15. The third-order valence-electron chi connectivity index (χ3n) is 3.68. The van der Waals surface area contributed by atoms with E-state index in [0.717, 1.165) is 42.0 Å². The first-order chi connectivity index (χ1) is 12.0. The minimum Gasteiger partial charge on any atom is -0.468 e. The van der Waals surface area contributed by atoms with Gasteiger partial charge in [0, 0.05) is 18.0 Å². The first-order valence-electron chi connectivity index (χ1n) is 7.53. The van der Waals surface area contributed by atoms with Crippen molar-refractivity contribution in [1.82, 2.24) is 9.36 Å². The van der Waals surface area contributed by atoms with Crippen LogP contribution in [0.1, 0.15) is 12.8 Å². The molecule has 0 N–H and O–H groups in total. The Morgan fingerprint density at radius 3 is 2.84 bits per heavy atom. The lowest BCUT2D eigenvalue weighted by Gasteiger charge is -2.15. The molecular weight excluding hydrogens is 389 g/mol. The lowest BCUT2D eigenvalue weighted by atomic mass is 10.3. The van der Waals surface area contributed by atoms with Crippen LogP contribution < -0.4 is 9.67 Å². The van der Waals surface area contributed by atoms with Crippen molar-refractivity contribution in [2.24, 2.45) is 4.99 Å². The highest BCUT2D eigenvalue weighted by Crippen LogP contribution is 2.33. The molecule has 25 heavy (non-hydrogen) atoms. The molecule has 2 aromatic rings. The van der Waals surface area contributed by atoms with Crippen LogP contribution in [0.25, 0.3) is 0 Å². The number of rotatable bonds is 4. The molecule has 0 unspecified atom stereocenters. The van der Waals surface area contributed by atoms with Gasteiger partial charge in [0.25, 0.3) is 0 Å². The fourth-order valence-corrected chi connectivity index (χ4v) is 4.42. The van der Waals surface area contributed by atoms with Crippen molar-refractivity contribution in [2.45, 2.75) is 30.8 Å². The first-order valence-corrected chi connectivity index (χ1v) is 9.71. The third kappa shape index (κ3) is 3.99. The van der Waals surface area contributed by atoms with Crippen molar-refractivity contribution in [3.8, 4) is 0 Å². The maximum atomic E-state index is 14.3. The number of nitrogens with zero attached hydrogens (tertiary/aromatic N) is 3. The van der Waals surface area contributed by atoms with Gasteiger partial charge in [-0.3, -0.25) is 14.3 Å². The summed E-state index contributed by atoms with van der Waals surface area (Å²) in [5, 5.41) is 0.199. The minimum absolute atomic E-state index is 0.0605. The zero-order chi connectivity index (χ0) is 18.0. The van der Waals surface area contributed by atoms with Crippen LogP contribution in [-0.2, 0) is 22.6 Å². The molecule has 10 heteroatoms. The molecule has 0 amide bonds. The number of carbonyl (C=O) groups excluding carboxylic acids is 1. The van der Waals surface area contributed by atoms with Crippen LogP contribution in [0.15, 0.2) is 26.8 Å². The summed E-state index contributed by atoms with van der Waals surface area (Å²) < 4.78 is 22.3. The predicted octanol–water partition coefficient (Wildman–Crippen LogP) is 2.80. The molecule has 1 aromatic heterocycles. The standard InChI is InChI=1S/C15H15ClFN3O3S2/c1-23-13(21)8-24-12-7-11(10(17)6-9(12)16)18-14-19-4-2-3-5-20(19)15(22)25-14/h6-7H,2-5,8H2,1H3. The highest BCUT2D eigenvalue weighted by molar-refractivity contribution is 8.00. The van der Waals surface area contributed by atoms with Crippen LogP contribution in [-0.4, -0.2) is 28.2 Å². The molecule has 2 heterocycles. The Morgan fingerprint density at radius 1 is 1.40 bits per heavy atom. The van der Waals surface area contributed by atoms with Gasteiger partial charge >= 0.3 is 10.8 Å². The number of ether oxygens (including phenoxy) is 1. The van der Waals surface area contributed by atoms with Crippen LogP contribution in [0, 0.1) is 5.82 Å². The lowest BCUT2D eigenvalue weighted by molar-refractivity contribution is -0.137. The Labute approximate surface area is 155 Å². The van der Waals surface area contributed by atoms with Crippen LogP contribution in [0.4, 0.5) is 10.1 Å². The van der Waals surface area contributed by atoms with Gasteiger partial charge in [-0.25, -0.2) is 14.1 Å². The van der Waals surface area contributed by atoms with E-state index in [0.29, 0.717) is 22.8 Å². The summed E-state index contributed by atoms with van der Waals surface area (Å²) in [6.07, 6.45) is 1.90. The molecule has 0 aliphatic carbocycles. The zero-order valence-electron chi connectivity index (χ0n) is 13.3. The second kappa shape index (κ2) is 7.76. The van der Waals surface area contributed by atoms with Gasteiger partial charge in [0.05, 0.1) is 17.9 Å². The molecule has 0 radical (unpaired) electrons. The van der Waals surface area contributed by atoms with E-state index < -0.39 is 11.8 Å². The molecule has 0 atom stereocenters. The van der Waals surface area contributed by atoms with Crippen LogP contribution >= 0.6 is 34.7 Å². The van der Waals surface area contributed by atoms with Crippen molar-refractivity contribution in [2.75, 3.05) is 12.9 Å². The van der Waals surface area contributed by atoms with E-state index >= 15 is 0 Å². The number of methoxy groups -OCH3 is 1. The first kappa shape index (κ1) is 18.2. The molecule has 0 saturated heterocycles. The summed E-state index contributed by atoms with van der Waals surface area (Å²) in [6, 6.07) is 2.64. The number of hydrogen-bond donors (Lipinski definition) is 0.